The van der Waals surface area contributed by atoms with Crippen LogP contribution in [0.5, 0.6) is 0 Å². The molecule has 0 bridgehead atoms. The number of hydrogen-bond acceptors (Lipinski definition) is 1. The second-order valence-electron chi connectivity index (χ2n) is 0.617. The molecule has 0 aliphatic heterocycles. The van der Waals surface area contributed by atoms with Crippen LogP contribution in [-0.2, 0) is 4.74 Å². The summed E-state index contributed by atoms with van der Waals surface area (Å²) in [5, 5.41) is 0.356. The summed E-state index contributed by atoms with van der Waals surface area (Å²) in [6.45, 7) is 0. The lowest BCUT2D eigenvalue weighted by molar-refractivity contribution is 0.323. The summed E-state index contributed by atoms with van der Waals surface area (Å²) in [7, 11) is 1.50. The molecule has 0 saturated carbocycles. The van der Waals surface area contributed by atoms with Crippen LogP contribution in [0.25, 0.3) is 0 Å². The van der Waals surface area contributed by atoms with Crippen LogP contribution in [-0.4, -0.2) is 7.11 Å². The summed E-state index contributed by atoms with van der Waals surface area (Å²) >= 11 is 8.20. The normalized spacial score (nSPS) is 11.5. The van der Waals surface area contributed by atoms with Crippen LogP contribution >= 0.6 is 27.5 Å². The standard InChI is InChI=1S/C3H4BrClO/c1-6-3(5)2-4/h2H,1H3/b3-2+. The largest absolute Gasteiger partial charge is 0.486 e. The molecule has 0 heterocycles. The summed E-state index contributed by atoms with van der Waals surface area (Å²) in [5.41, 5.74) is 0. The molecule has 0 aromatic heterocycles. The maximum atomic E-state index is 5.24. The monoisotopic (exact) mass is 170 g/mol. The predicted octanol–water partition coefficient (Wildman–Crippen LogP) is 2.07. The fourth-order valence-corrected chi connectivity index (χ4v) is 0.231. The quantitative estimate of drug-likeness (QED) is 0.549. The molecule has 0 saturated heterocycles. The molecule has 3 heteroatoms. The first-order chi connectivity index (χ1) is 2.81. The number of rotatable bonds is 1. The Morgan fingerprint density at radius 3 is 2.50 bits per heavy atom. The van der Waals surface area contributed by atoms with E-state index in [1.54, 1.807) is 0 Å². The van der Waals surface area contributed by atoms with E-state index in [1.165, 1.54) is 12.1 Å². The Morgan fingerprint density at radius 1 is 2.00 bits per heavy atom. The van der Waals surface area contributed by atoms with E-state index in [2.05, 4.69) is 20.7 Å². The van der Waals surface area contributed by atoms with Gasteiger partial charge >= 0.3 is 0 Å². The summed E-state index contributed by atoms with van der Waals surface area (Å²) < 4.78 is 4.48. The average Bonchev–Trinajstić information content (AvgIpc) is 1.65. The molecule has 0 fully saturated rings. The van der Waals surface area contributed by atoms with Gasteiger partial charge in [0.15, 0.2) is 5.22 Å². The van der Waals surface area contributed by atoms with Crippen LogP contribution in [0.4, 0.5) is 0 Å². The Hall–Kier alpha value is 0.310. The lowest BCUT2D eigenvalue weighted by atomic mass is 11.1. The van der Waals surface area contributed by atoms with Gasteiger partial charge in [-0.05, 0) is 11.6 Å². The van der Waals surface area contributed by atoms with E-state index in [9.17, 15) is 0 Å². The Morgan fingerprint density at radius 2 is 2.50 bits per heavy atom. The van der Waals surface area contributed by atoms with Crippen molar-refractivity contribution in [2.75, 3.05) is 7.11 Å². The molecule has 0 amide bonds. The second-order valence-corrected chi connectivity index (χ2v) is 1.45. The van der Waals surface area contributed by atoms with Crippen molar-refractivity contribution in [3.63, 3.8) is 0 Å². The molecule has 6 heavy (non-hydrogen) atoms. The molecule has 0 aromatic carbocycles. The lowest BCUT2D eigenvalue weighted by Gasteiger charge is -1.87. The van der Waals surface area contributed by atoms with Gasteiger partial charge in [0.25, 0.3) is 0 Å². The highest BCUT2D eigenvalue weighted by Gasteiger charge is 1.77. The van der Waals surface area contributed by atoms with Gasteiger partial charge < -0.3 is 4.74 Å². The van der Waals surface area contributed by atoms with Crippen LogP contribution in [0.1, 0.15) is 0 Å². The van der Waals surface area contributed by atoms with E-state index in [4.69, 9.17) is 11.6 Å². The molecule has 0 aromatic rings. The first-order valence-corrected chi connectivity index (χ1v) is 2.60. The van der Waals surface area contributed by atoms with Crippen molar-refractivity contribution in [1.29, 1.82) is 0 Å². The van der Waals surface area contributed by atoms with Gasteiger partial charge in [-0.25, -0.2) is 0 Å². The molecular formula is C3H4BrClO. The number of ether oxygens (including phenoxy) is 1. The molecule has 0 unspecified atom stereocenters. The van der Waals surface area contributed by atoms with Crippen molar-refractivity contribution in [2.45, 2.75) is 0 Å². The van der Waals surface area contributed by atoms with E-state index in [0.717, 1.165) is 0 Å². The molecule has 0 N–H and O–H groups in total. The summed E-state index contributed by atoms with van der Waals surface area (Å²) in [6.07, 6.45) is 0. The molecule has 0 spiro atoms. The van der Waals surface area contributed by atoms with E-state index >= 15 is 0 Å². The van der Waals surface area contributed by atoms with Crippen molar-refractivity contribution in [3.8, 4) is 0 Å². The highest BCUT2D eigenvalue weighted by atomic mass is 79.9. The van der Waals surface area contributed by atoms with Gasteiger partial charge in [-0.15, -0.1) is 0 Å². The number of methoxy groups -OCH3 is 1. The fraction of sp³-hybridized carbons (Fsp3) is 0.333. The van der Waals surface area contributed by atoms with Gasteiger partial charge in [-0.2, -0.15) is 0 Å². The molecule has 0 aliphatic rings. The molecule has 1 nitrogen and oxygen atoms in total. The predicted molar refractivity (Wildman–Crippen MR) is 29.9 cm³/mol. The average molecular weight is 171 g/mol. The van der Waals surface area contributed by atoms with Gasteiger partial charge in [-0.1, -0.05) is 15.9 Å². The van der Waals surface area contributed by atoms with Crippen molar-refractivity contribution in [2.24, 2.45) is 0 Å². The molecule has 36 valence electrons. The third-order valence-corrected chi connectivity index (χ3v) is 1.22. The van der Waals surface area contributed by atoms with Crippen LogP contribution in [0, 0.1) is 0 Å². The molecule has 0 rings (SSSR count). The fourth-order valence-electron chi connectivity index (χ4n) is 0.0445. The van der Waals surface area contributed by atoms with Gasteiger partial charge in [0, 0.05) is 4.99 Å². The Kier molecular flexibility index (Phi) is 3.68. The maximum Gasteiger partial charge on any atom is 0.193 e. The van der Waals surface area contributed by atoms with E-state index in [0.29, 0.717) is 5.22 Å². The Balaban J connectivity index is 3.22. The van der Waals surface area contributed by atoms with Gasteiger partial charge in [-0.3, -0.25) is 0 Å². The minimum absolute atomic E-state index is 0.356. The molecular weight excluding hydrogens is 167 g/mol. The van der Waals surface area contributed by atoms with Crippen molar-refractivity contribution < 1.29 is 4.74 Å². The topological polar surface area (TPSA) is 9.23 Å². The molecule has 0 aliphatic carbocycles. The third-order valence-electron chi connectivity index (χ3n) is 0.281. The van der Waals surface area contributed by atoms with Gasteiger partial charge in [0.1, 0.15) is 0 Å². The van der Waals surface area contributed by atoms with Crippen LogP contribution in [0.3, 0.4) is 0 Å². The third kappa shape index (κ3) is 2.54. The Labute approximate surface area is 50.1 Å². The van der Waals surface area contributed by atoms with Gasteiger partial charge in [0.05, 0.1) is 7.11 Å². The first-order valence-electron chi connectivity index (χ1n) is 1.31. The number of halogens is 2. The molecule has 0 radical (unpaired) electrons. The minimum atomic E-state index is 0.356. The summed E-state index contributed by atoms with van der Waals surface area (Å²) in [6, 6.07) is 0. The van der Waals surface area contributed by atoms with Crippen LogP contribution in [0.15, 0.2) is 10.2 Å². The van der Waals surface area contributed by atoms with Crippen LogP contribution < -0.4 is 0 Å². The molecule has 0 atom stereocenters. The zero-order chi connectivity index (χ0) is 4.99. The first kappa shape index (κ1) is 6.31. The van der Waals surface area contributed by atoms with Crippen molar-refractivity contribution in [3.05, 3.63) is 10.2 Å². The SMILES string of the molecule is CO/C(Cl)=C/Br. The summed E-state index contributed by atoms with van der Waals surface area (Å²) in [5.74, 6) is 0. The number of hydrogen-bond donors (Lipinski definition) is 0. The lowest BCUT2D eigenvalue weighted by Crippen LogP contribution is -1.68. The van der Waals surface area contributed by atoms with Crippen molar-refractivity contribution >= 4 is 27.5 Å². The van der Waals surface area contributed by atoms with Gasteiger partial charge in [0.2, 0.25) is 0 Å². The summed E-state index contributed by atoms with van der Waals surface area (Å²) in [4.78, 5) is 1.49. The highest BCUT2D eigenvalue weighted by molar-refractivity contribution is 9.11. The second kappa shape index (κ2) is 3.50. The van der Waals surface area contributed by atoms with E-state index in [1.807, 2.05) is 0 Å². The highest BCUT2D eigenvalue weighted by Crippen LogP contribution is 2.02. The zero-order valence-corrected chi connectivity index (χ0v) is 5.58. The smallest absolute Gasteiger partial charge is 0.193 e. The minimum Gasteiger partial charge on any atom is -0.486 e. The van der Waals surface area contributed by atoms with E-state index < -0.39 is 0 Å². The zero-order valence-electron chi connectivity index (χ0n) is 3.24. The maximum absolute atomic E-state index is 5.24. The Bertz CT molecular complexity index is 61.8. The van der Waals surface area contributed by atoms with Crippen LogP contribution in [0.2, 0.25) is 0 Å². The van der Waals surface area contributed by atoms with Crippen molar-refractivity contribution in [1.82, 2.24) is 0 Å². The van der Waals surface area contributed by atoms with E-state index in [-0.39, 0.29) is 0 Å².